The van der Waals surface area contributed by atoms with E-state index < -0.39 is 0 Å². The Morgan fingerprint density at radius 3 is 2.67 bits per heavy atom. The lowest BCUT2D eigenvalue weighted by Crippen LogP contribution is -1.90. The highest BCUT2D eigenvalue weighted by atomic mass is 79.9. The molecule has 3 heteroatoms. The molecule has 0 unspecified atom stereocenters. The molecule has 0 radical (unpaired) electrons. The number of hydrogen-bond acceptors (Lipinski definition) is 2. The number of aromatic nitrogens is 1. The summed E-state index contributed by atoms with van der Waals surface area (Å²) in [5.41, 5.74) is 2.25. The maximum atomic E-state index is 9.28. The molecule has 0 aliphatic rings. The fourth-order valence-electron chi connectivity index (χ4n) is 1.42. The molecule has 15 heavy (non-hydrogen) atoms. The Kier molecular flexibility index (Phi) is 3.02. The average molecular weight is 264 g/mol. The molecule has 0 saturated heterocycles. The van der Waals surface area contributed by atoms with Crippen LogP contribution in [0.2, 0.25) is 0 Å². The zero-order valence-corrected chi connectivity index (χ0v) is 9.61. The van der Waals surface area contributed by atoms with Crippen molar-refractivity contribution in [2.75, 3.05) is 0 Å². The molecule has 0 aliphatic carbocycles. The summed E-state index contributed by atoms with van der Waals surface area (Å²) in [6.45, 7) is 0. The minimum absolute atomic E-state index is 0.0594. The first-order valence-electron chi connectivity index (χ1n) is 4.63. The van der Waals surface area contributed by atoms with E-state index in [9.17, 15) is 5.11 Å². The normalized spacial score (nSPS) is 10.2. The molecule has 2 nitrogen and oxygen atoms in total. The Hall–Kier alpha value is -1.35. The Bertz CT molecular complexity index is 456. The van der Waals surface area contributed by atoms with E-state index in [0.717, 1.165) is 16.5 Å². The molecule has 1 aromatic carbocycles. The van der Waals surface area contributed by atoms with Crippen LogP contribution in [-0.4, -0.2) is 10.1 Å². The van der Waals surface area contributed by atoms with Crippen molar-refractivity contribution in [2.45, 2.75) is 6.42 Å². The summed E-state index contributed by atoms with van der Waals surface area (Å²) in [4.78, 5) is 3.79. The second-order valence-corrected chi connectivity index (χ2v) is 4.15. The van der Waals surface area contributed by atoms with Crippen LogP contribution >= 0.6 is 15.9 Å². The Labute approximate surface area is 96.7 Å². The third-order valence-corrected chi connectivity index (χ3v) is 2.87. The minimum atomic E-state index is 0.0594. The molecule has 1 heterocycles. The van der Waals surface area contributed by atoms with Gasteiger partial charge < -0.3 is 5.11 Å². The lowest BCUT2D eigenvalue weighted by atomic mass is 10.1. The molecule has 0 fully saturated rings. The molecule has 0 amide bonds. The van der Waals surface area contributed by atoms with Crippen LogP contribution in [0.25, 0.3) is 0 Å². The summed E-state index contributed by atoms with van der Waals surface area (Å²) < 4.78 is 0.921. The third kappa shape index (κ3) is 2.57. The standard InChI is InChI=1S/C12H10BrNO/c13-11-8-14-12(15)7-10(11)6-9-4-2-1-3-5-9/h1-5,7-8H,6H2,(H,14,15). The van der Waals surface area contributed by atoms with Crippen LogP contribution < -0.4 is 0 Å². The number of aromatic hydroxyl groups is 1. The lowest BCUT2D eigenvalue weighted by molar-refractivity contribution is 0.452. The predicted molar refractivity (Wildman–Crippen MR) is 62.8 cm³/mol. The second-order valence-electron chi connectivity index (χ2n) is 3.30. The molecule has 1 N–H and O–H groups in total. The highest BCUT2D eigenvalue weighted by Gasteiger charge is 2.03. The summed E-state index contributed by atoms with van der Waals surface area (Å²) in [5, 5.41) is 9.28. The van der Waals surface area contributed by atoms with Crippen LogP contribution in [0.1, 0.15) is 11.1 Å². The minimum Gasteiger partial charge on any atom is -0.493 e. The van der Waals surface area contributed by atoms with E-state index >= 15 is 0 Å². The number of nitrogens with zero attached hydrogens (tertiary/aromatic N) is 1. The second kappa shape index (κ2) is 4.45. The topological polar surface area (TPSA) is 33.1 Å². The van der Waals surface area contributed by atoms with E-state index in [4.69, 9.17) is 0 Å². The van der Waals surface area contributed by atoms with Gasteiger partial charge in [-0.1, -0.05) is 30.3 Å². The van der Waals surface area contributed by atoms with Gasteiger partial charge in [-0.2, -0.15) is 0 Å². The van der Waals surface area contributed by atoms with Crippen molar-refractivity contribution in [3.8, 4) is 5.88 Å². The molecule has 0 aliphatic heterocycles. The van der Waals surface area contributed by atoms with Gasteiger partial charge in [-0.15, -0.1) is 0 Å². The van der Waals surface area contributed by atoms with Gasteiger partial charge in [-0.3, -0.25) is 0 Å². The van der Waals surface area contributed by atoms with Gasteiger partial charge in [0.05, 0.1) is 0 Å². The summed E-state index contributed by atoms with van der Waals surface area (Å²) >= 11 is 3.41. The van der Waals surface area contributed by atoms with Crippen molar-refractivity contribution in [1.29, 1.82) is 0 Å². The molecule has 1 aromatic heterocycles. The van der Waals surface area contributed by atoms with Gasteiger partial charge in [0.25, 0.3) is 0 Å². The number of rotatable bonds is 2. The average Bonchev–Trinajstić information content (AvgIpc) is 2.25. The van der Waals surface area contributed by atoms with Gasteiger partial charge in [-0.05, 0) is 33.5 Å². The molecule has 0 saturated carbocycles. The first kappa shape index (κ1) is 10.2. The van der Waals surface area contributed by atoms with Crippen LogP contribution in [0.5, 0.6) is 5.88 Å². The van der Waals surface area contributed by atoms with Crippen molar-refractivity contribution in [2.24, 2.45) is 0 Å². The molecule has 0 bridgehead atoms. The molecule has 76 valence electrons. The smallest absolute Gasteiger partial charge is 0.211 e. The van der Waals surface area contributed by atoms with E-state index in [0.29, 0.717) is 0 Å². The molecular weight excluding hydrogens is 254 g/mol. The van der Waals surface area contributed by atoms with Gasteiger partial charge in [0.15, 0.2) is 0 Å². The largest absolute Gasteiger partial charge is 0.493 e. The summed E-state index contributed by atoms with van der Waals surface area (Å²) in [5.74, 6) is 0.0594. The predicted octanol–water partition coefficient (Wildman–Crippen LogP) is 3.14. The number of halogens is 1. The van der Waals surface area contributed by atoms with Gasteiger partial charge >= 0.3 is 0 Å². The highest BCUT2D eigenvalue weighted by Crippen LogP contribution is 2.21. The monoisotopic (exact) mass is 263 g/mol. The van der Waals surface area contributed by atoms with Gasteiger partial charge in [0.2, 0.25) is 5.88 Å². The summed E-state index contributed by atoms with van der Waals surface area (Å²) in [6, 6.07) is 11.8. The zero-order valence-electron chi connectivity index (χ0n) is 8.02. The molecule has 2 aromatic rings. The van der Waals surface area contributed by atoms with Crippen LogP contribution in [0.4, 0.5) is 0 Å². The molecule has 0 atom stereocenters. The number of benzene rings is 1. The maximum absolute atomic E-state index is 9.28. The van der Waals surface area contributed by atoms with E-state index in [2.05, 4.69) is 33.0 Å². The van der Waals surface area contributed by atoms with Crippen LogP contribution in [0.3, 0.4) is 0 Å². The van der Waals surface area contributed by atoms with Crippen molar-refractivity contribution >= 4 is 15.9 Å². The van der Waals surface area contributed by atoms with Crippen LogP contribution in [0.15, 0.2) is 47.1 Å². The van der Waals surface area contributed by atoms with Crippen molar-refractivity contribution in [1.82, 2.24) is 4.98 Å². The fraction of sp³-hybridized carbons (Fsp3) is 0.0833. The maximum Gasteiger partial charge on any atom is 0.211 e. The van der Waals surface area contributed by atoms with Crippen LogP contribution in [-0.2, 0) is 6.42 Å². The fourth-order valence-corrected chi connectivity index (χ4v) is 1.78. The van der Waals surface area contributed by atoms with Crippen molar-refractivity contribution in [3.63, 3.8) is 0 Å². The Morgan fingerprint density at radius 2 is 1.93 bits per heavy atom. The lowest BCUT2D eigenvalue weighted by Gasteiger charge is -2.04. The molecule has 0 spiro atoms. The van der Waals surface area contributed by atoms with Gasteiger partial charge in [0, 0.05) is 16.7 Å². The van der Waals surface area contributed by atoms with E-state index in [1.807, 2.05) is 18.2 Å². The van der Waals surface area contributed by atoms with Gasteiger partial charge in [0.1, 0.15) is 0 Å². The molecule has 2 rings (SSSR count). The molecular formula is C12H10BrNO. The summed E-state index contributed by atoms with van der Waals surface area (Å²) in [7, 11) is 0. The quantitative estimate of drug-likeness (QED) is 0.903. The zero-order chi connectivity index (χ0) is 10.7. The van der Waals surface area contributed by atoms with Crippen LogP contribution in [0, 0.1) is 0 Å². The van der Waals surface area contributed by atoms with E-state index in [1.54, 1.807) is 12.3 Å². The van der Waals surface area contributed by atoms with Gasteiger partial charge in [-0.25, -0.2) is 4.98 Å². The number of hydrogen-bond donors (Lipinski definition) is 1. The SMILES string of the molecule is Oc1cc(Cc2ccccc2)c(Br)cn1. The third-order valence-electron chi connectivity index (χ3n) is 2.16. The van der Waals surface area contributed by atoms with Crippen molar-refractivity contribution < 1.29 is 5.11 Å². The first-order valence-corrected chi connectivity index (χ1v) is 5.42. The Morgan fingerprint density at radius 1 is 1.20 bits per heavy atom. The Balaban J connectivity index is 2.28. The summed E-state index contributed by atoms with van der Waals surface area (Å²) in [6.07, 6.45) is 2.41. The van der Waals surface area contributed by atoms with E-state index in [1.165, 1.54) is 5.56 Å². The first-order chi connectivity index (χ1) is 7.25. The van der Waals surface area contributed by atoms with Crippen molar-refractivity contribution in [3.05, 3.63) is 58.2 Å². The highest BCUT2D eigenvalue weighted by molar-refractivity contribution is 9.10. The number of pyridine rings is 1. The van der Waals surface area contributed by atoms with E-state index in [-0.39, 0.29) is 5.88 Å².